The van der Waals surface area contributed by atoms with Crippen LogP contribution in [-0.4, -0.2) is 42.7 Å². The van der Waals surface area contributed by atoms with Crippen LogP contribution in [0.1, 0.15) is 38.2 Å². The summed E-state index contributed by atoms with van der Waals surface area (Å²) in [5, 5.41) is 3.57. The van der Waals surface area contributed by atoms with E-state index in [4.69, 9.17) is 4.74 Å². The second-order valence-electron chi connectivity index (χ2n) is 6.84. The smallest absolute Gasteiger partial charge is 0.126 e. The molecule has 0 bridgehead atoms. The van der Waals surface area contributed by atoms with E-state index in [-0.39, 0.29) is 0 Å². The van der Waals surface area contributed by atoms with Crippen molar-refractivity contribution in [1.29, 1.82) is 0 Å². The molecule has 2 fully saturated rings. The highest BCUT2D eigenvalue weighted by Crippen LogP contribution is 2.29. The van der Waals surface area contributed by atoms with Gasteiger partial charge in [0.1, 0.15) is 5.82 Å². The molecule has 22 heavy (non-hydrogen) atoms. The number of nitrogens with one attached hydrogen (secondary N) is 1. The molecule has 1 aliphatic carbocycles. The molecule has 1 N–H and O–H groups in total. The fourth-order valence-corrected chi connectivity index (χ4v) is 3.62. The Hall–Kier alpha value is -1.13. The highest BCUT2D eigenvalue weighted by Gasteiger charge is 2.21. The molecule has 1 aliphatic heterocycles. The minimum absolute atomic E-state index is 0.804. The van der Waals surface area contributed by atoms with E-state index in [9.17, 15) is 0 Å². The van der Waals surface area contributed by atoms with E-state index >= 15 is 0 Å². The van der Waals surface area contributed by atoms with Crippen LogP contribution in [0, 0.1) is 11.8 Å². The third kappa shape index (κ3) is 4.43. The van der Waals surface area contributed by atoms with Gasteiger partial charge in [0, 0.05) is 32.4 Å². The molecular weight excluding hydrogens is 274 g/mol. The van der Waals surface area contributed by atoms with E-state index in [1.807, 2.05) is 6.20 Å². The molecular formula is C18H29N3O. The molecule has 4 nitrogen and oxygen atoms in total. The number of morpholine rings is 1. The van der Waals surface area contributed by atoms with Gasteiger partial charge in [-0.15, -0.1) is 0 Å². The minimum atomic E-state index is 0.804. The topological polar surface area (TPSA) is 37.4 Å². The van der Waals surface area contributed by atoms with Crippen molar-refractivity contribution >= 4 is 5.82 Å². The van der Waals surface area contributed by atoms with Gasteiger partial charge in [-0.2, -0.15) is 0 Å². The van der Waals surface area contributed by atoms with Crippen LogP contribution in [0.4, 0.5) is 5.82 Å². The summed E-state index contributed by atoms with van der Waals surface area (Å²) in [5.74, 6) is 2.68. The Morgan fingerprint density at radius 3 is 2.91 bits per heavy atom. The van der Waals surface area contributed by atoms with Crippen LogP contribution in [0.5, 0.6) is 0 Å². The van der Waals surface area contributed by atoms with E-state index in [1.165, 1.54) is 31.2 Å². The van der Waals surface area contributed by atoms with Gasteiger partial charge in [0.15, 0.2) is 0 Å². The van der Waals surface area contributed by atoms with E-state index in [2.05, 4.69) is 34.3 Å². The molecule has 1 saturated heterocycles. The van der Waals surface area contributed by atoms with Crippen molar-refractivity contribution in [1.82, 2.24) is 9.88 Å². The first kappa shape index (κ1) is 15.8. The first-order chi connectivity index (χ1) is 10.8. The van der Waals surface area contributed by atoms with Gasteiger partial charge in [-0.25, -0.2) is 4.98 Å². The lowest BCUT2D eigenvalue weighted by Gasteiger charge is -2.29. The fourth-order valence-electron chi connectivity index (χ4n) is 3.62. The molecule has 1 aromatic heterocycles. The zero-order chi connectivity index (χ0) is 15.2. The van der Waals surface area contributed by atoms with Crippen LogP contribution < -0.4 is 5.32 Å². The molecule has 2 unspecified atom stereocenters. The Labute approximate surface area is 134 Å². The fraction of sp³-hybridized carbons (Fsp3) is 0.722. The number of hydrogen-bond donors (Lipinski definition) is 1. The largest absolute Gasteiger partial charge is 0.379 e. The molecule has 0 aromatic carbocycles. The van der Waals surface area contributed by atoms with Gasteiger partial charge in [0.05, 0.1) is 13.2 Å². The molecule has 2 aliphatic rings. The molecule has 1 aromatic rings. The Kier molecular flexibility index (Phi) is 5.68. The average Bonchev–Trinajstić information content (AvgIpc) is 2.55. The standard InChI is InChI=1S/C18H29N3O/c1-15-4-2-3-5-17(15)13-20-18-12-16(6-7-19-18)14-21-8-10-22-11-9-21/h6-7,12,15,17H,2-5,8-11,13-14H2,1H3,(H,19,20). The van der Waals surface area contributed by atoms with Gasteiger partial charge in [0.25, 0.3) is 0 Å². The quantitative estimate of drug-likeness (QED) is 0.907. The van der Waals surface area contributed by atoms with Crippen molar-refractivity contribution in [2.45, 2.75) is 39.2 Å². The van der Waals surface area contributed by atoms with Crippen LogP contribution in [0.2, 0.25) is 0 Å². The zero-order valence-corrected chi connectivity index (χ0v) is 13.8. The molecule has 2 heterocycles. The summed E-state index contributed by atoms with van der Waals surface area (Å²) in [5.41, 5.74) is 1.34. The SMILES string of the molecule is CC1CCCCC1CNc1cc(CN2CCOCC2)ccn1. The number of anilines is 1. The molecule has 4 heteroatoms. The number of aromatic nitrogens is 1. The monoisotopic (exact) mass is 303 g/mol. The van der Waals surface area contributed by atoms with Gasteiger partial charge in [0.2, 0.25) is 0 Å². The molecule has 0 spiro atoms. The van der Waals surface area contributed by atoms with Crippen molar-refractivity contribution in [3.63, 3.8) is 0 Å². The molecule has 3 rings (SSSR count). The van der Waals surface area contributed by atoms with E-state index in [1.54, 1.807) is 0 Å². The van der Waals surface area contributed by atoms with Crippen molar-refractivity contribution in [2.75, 3.05) is 38.2 Å². The lowest BCUT2D eigenvalue weighted by Crippen LogP contribution is -2.35. The van der Waals surface area contributed by atoms with Gasteiger partial charge >= 0.3 is 0 Å². The molecule has 1 saturated carbocycles. The van der Waals surface area contributed by atoms with E-state index < -0.39 is 0 Å². The Morgan fingerprint density at radius 2 is 2.09 bits per heavy atom. The predicted octanol–water partition coefficient (Wildman–Crippen LogP) is 3.15. The zero-order valence-electron chi connectivity index (χ0n) is 13.8. The lowest BCUT2D eigenvalue weighted by atomic mass is 9.80. The molecule has 122 valence electrons. The number of rotatable bonds is 5. The molecule has 0 radical (unpaired) electrons. The third-order valence-corrected chi connectivity index (χ3v) is 5.17. The Morgan fingerprint density at radius 1 is 1.27 bits per heavy atom. The Balaban J connectivity index is 1.52. The minimum Gasteiger partial charge on any atom is -0.379 e. The number of hydrogen-bond acceptors (Lipinski definition) is 4. The summed E-state index contributed by atoms with van der Waals surface area (Å²) in [6.07, 6.45) is 7.48. The van der Waals surface area contributed by atoms with Crippen LogP contribution in [0.15, 0.2) is 18.3 Å². The molecule has 0 amide bonds. The van der Waals surface area contributed by atoms with Crippen LogP contribution >= 0.6 is 0 Å². The summed E-state index contributed by atoms with van der Waals surface area (Å²) in [7, 11) is 0. The van der Waals surface area contributed by atoms with Crippen LogP contribution in [0.3, 0.4) is 0 Å². The average molecular weight is 303 g/mol. The first-order valence-electron chi connectivity index (χ1n) is 8.80. The highest BCUT2D eigenvalue weighted by molar-refractivity contribution is 5.37. The predicted molar refractivity (Wildman–Crippen MR) is 89.9 cm³/mol. The maximum Gasteiger partial charge on any atom is 0.126 e. The van der Waals surface area contributed by atoms with Crippen molar-refractivity contribution in [2.24, 2.45) is 11.8 Å². The van der Waals surface area contributed by atoms with E-state index in [0.29, 0.717) is 0 Å². The normalized spacial score (nSPS) is 26.8. The summed E-state index contributed by atoms with van der Waals surface area (Å²) >= 11 is 0. The van der Waals surface area contributed by atoms with Gasteiger partial charge < -0.3 is 10.1 Å². The van der Waals surface area contributed by atoms with Crippen LogP contribution in [-0.2, 0) is 11.3 Å². The lowest BCUT2D eigenvalue weighted by molar-refractivity contribution is 0.0342. The van der Waals surface area contributed by atoms with Crippen LogP contribution in [0.25, 0.3) is 0 Å². The van der Waals surface area contributed by atoms with Crippen molar-refractivity contribution in [3.8, 4) is 0 Å². The van der Waals surface area contributed by atoms with Gasteiger partial charge in [-0.1, -0.05) is 26.2 Å². The number of pyridine rings is 1. The number of ether oxygens (including phenoxy) is 1. The Bertz CT molecular complexity index is 459. The maximum absolute atomic E-state index is 5.41. The summed E-state index contributed by atoms with van der Waals surface area (Å²) in [4.78, 5) is 6.94. The second kappa shape index (κ2) is 7.93. The highest BCUT2D eigenvalue weighted by atomic mass is 16.5. The van der Waals surface area contributed by atoms with Gasteiger partial charge in [-0.3, -0.25) is 4.90 Å². The van der Waals surface area contributed by atoms with E-state index in [0.717, 1.165) is 57.0 Å². The number of nitrogens with zero attached hydrogens (tertiary/aromatic N) is 2. The second-order valence-corrected chi connectivity index (χ2v) is 6.84. The summed E-state index contributed by atoms with van der Waals surface area (Å²) < 4.78 is 5.41. The first-order valence-corrected chi connectivity index (χ1v) is 8.80. The summed E-state index contributed by atoms with van der Waals surface area (Å²) in [6.45, 7) is 8.24. The van der Waals surface area contributed by atoms with Crippen molar-refractivity contribution < 1.29 is 4.74 Å². The maximum atomic E-state index is 5.41. The summed E-state index contributed by atoms with van der Waals surface area (Å²) in [6, 6.07) is 4.34. The van der Waals surface area contributed by atoms with Crippen molar-refractivity contribution in [3.05, 3.63) is 23.9 Å². The van der Waals surface area contributed by atoms with Gasteiger partial charge in [-0.05, 0) is 36.0 Å². The molecule has 2 atom stereocenters. The third-order valence-electron chi connectivity index (χ3n) is 5.17.